The van der Waals surface area contributed by atoms with Crippen LogP contribution in [-0.2, 0) is 4.74 Å². The molecule has 0 amide bonds. The first kappa shape index (κ1) is 9.53. The number of aromatic nitrogens is 4. The molecule has 0 spiro atoms. The SMILES string of the molecule is Cc1cc(N2CCOCC2)n2cnnc2n1. The van der Waals surface area contributed by atoms with E-state index in [1.165, 1.54) is 0 Å². The first-order valence-electron chi connectivity index (χ1n) is 5.35. The molecule has 0 unspecified atom stereocenters. The second kappa shape index (κ2) is 3.71. The maximum atomic E-state index is 5.35. The van der Waals surface area contributed by atoms with Crippen LogP contribution in [0.2, 0.25) is 0 Å². The minimum atomic E-state index is 0.654. The van der Waals surface area contributed by atoms with Crippen LogP contribution in [0.5, 0.6) is 0 Å². The Labute approximate surface area is 92.9 Å². The van der Waals surface area contributed by atoms with E-state index in [2.05, 4.69) is 26.1 Å². The topological polar surface area (TPSA) is 55.6 Å². The van der Waals surface area contributed by atoms with Gasteiger partial charge in [-0.05, 0) is 6.92 Å². The third-order valence-corrected chi connectivity index (χ3v) is 2.73. The minimum absolute atomic E-state index is 0.654. The smallest absolute Gasteiger partial charge is 0.256 e. The Morgan fingerprint density at radius 2 is 2.12 bits per heavy atom. The van der Waals surface area contributed by atoms with E-state index in [0.717, 1.165) is 37.8 Å². The van der Waals surface area contributed by atoms with Crippen molar-refractivity contribution in [1.82, 2.24) is 19.6 Å². The molecule has 1 aliphatic heterocycles. The molecule has 0 aromatic carbocycles. The maximum Gasteiger partial charge on any atom is 0.256 e. The van der Waals surface area contributed by atoms with Crippen molar-refractivity contribution < 1.29 is 4.74 Å². The fraction of sp³-hybridized carbons (Fsp3) is 0.500. The standard InChI is InChI=1S/C10H13N5O/c1-8-6-9(14-2-4-16-5-3-14)15-7-11-13-10(15)12-8/h6-7H,2-5H2,1H3. The molecule has 1 saturated heterocycles. The van der Waals surface area contributed by atoms with E-state index in [9.17, 15) is 0 Å². The van der Waals surface area contributed by atoms with Crippen LogP contribution in [-0.4, -0.2) is 45.9 Å². The van der Waals surface area contributed by atoms with Crippen molar-refractivity contribution in [3.63, 3.8) is 0 Å². The molecule has 84 valence electrons. The van der Waals surface area contributed by atoms with Crippen molar-refractivity contribution in [2.75, 3.05) is 31.2 Å². The van der Waals surface area contributed by atoms with Crippen LogP contribution in [0.3, 0.4) is 0 Å². The molecule has 0 saturated carbocycles. The zero-order valence-electron chi connectivity index (χ0n) is 9.13. The predicted molar refractivity (Wildman–Crippen MR) is 58.6 cm³/mol. The molecule has 0 aliphatic carbocycles. The van der Waals surface area contributed by atoms with Crippen molar-refractivity contribution in [2.24, 2.45) is 0 Å². The highest BCUT2D eigenvalue weighted by Gasteiger charge is 2.15. The fourth-order valence-corrected chi connectivity index (χ4v) is 1.95. The number of anilines is 1. The molecule has 3 heterocycles. The largest absolute Gasteiger partial charge is 0.378 e. The van der Waals surface area contributed by atoms with Crippen molar-refractivity contribution in [3.05, 3.63) is 18.1 Å². The van der Waals surface area contributed by atoms with Crippen LogP contribution >= 0.6 is 0 Å². The average Bonchev–Trinajstić information content (AvgIpc) is 2.77. The van der Waals surface area contributed by atoms with E-state index in [0.29, 0.717) is 5.78 Å². The fourth-order valence-electron chi connectivity index (χ4n) is 1.95. The number of fused-ring (bicyclic) bond motifs is 1. The molecule has 2 aromatic heterocycles. The lowest BCUT2D eigenvalue weighted by atomic mass is 10.3. The van der Waals surface area contributed by atoms with Gasteiger partial charge >= 0.3 is 0 Å². The lowest BCUT2D eigenvalue weighted by molar-refractivity contribution is 0.122. The Hall–Kier alpha value is -1.69. The van der Waals surface area contributed by atoms with E-state index in [1.54, 1.807) is 6.33 Å². The summed E-state index contributed by atoms with van der Waals surface area (Å²) in [4.78, 5) is 6.59. The van der Waals surface area contributed by atoms with Crippen molar-refractivity contribution in [2.45, 2.75) is 6.92 Å². The number of hydrogen-bond acceptors (Lipinski definition) is 5. The van der Waals surface area contributed by atoms with Crippen LogP contribution in [0.15, 0.2) is 12.4 Å². The van der Waals surface area contributed by atoms with Gasteiger partial charge in [0.25, 0.3) is 5.78 Å². The van der Waals surface area contributed by atoms with E-state index < -0.39 is 0 Å². The highest BCUT2D eigenvalue weighted by molar-refractivity contribution is 5.48. The molecule has 6 nitrogen and oxygen atoms in total. The van der Waals surface area contributed by atoms with Gasteiger partial charge in [-0.1, -0.05) is 0 Å². The third-order valence-electron chi connectivity index (χ3n) is 2.73. The summed E-state index contributed by atoms with van der Waals surface area (Å²) in [6.07, 6.45) is 1.70. The summed E-state index contributed by atoms with van der Waals surface area (Å²) >= 11 is 0. The van der Waals surface area contributed by atoms with Gasteiger partial charge < -0.3 is 9.64 Å². The number of hydrogen-bond donors (Lipinski definition) is 0. The van der Waals surface area contributed by atoms with Crippen LogP contribution in [0.25, 0.3) is 5.78 Å². The molecular weight excluding hydrogens is 206 g/mol. The summed E-state index contributed by atoms with van der Waals surface area (Å²) in [7, 11) is 0. The molecule has 0 bridgehead atoms. The Morgan fingerprint density at radius 3 is 2.94 bits per heavy atom. The Kier molecular flexibility index (Phi) is 2.21. The van der Waals surface area contributed by atoms with E-state index in [1.807, 2.05) is 11.3 Å². The molecule has 1 aliphatic rings. The number of rotatable bonds is 1. The van der Waals surface area contributed by atoms with Gasteiger partial charge in [0.2, 0.25) is 0 Å². The number of ether oxygens (including phenoxy) is 1. The quantitative estimate of drug-likeness (QED) is 0.689. The highest BCUT2D eigenvalue weighted by atomic mass is 16.5. The average molecular weight is 219 g/mol. The molecule has 1 fully saturated rings. The van der Waals surface area contributed by atoms with E-state index >= 15 is 0 Å². The first-order chi connectivity index (χ1) is 7.84. The second-order valence-corrected chi connectivity index (χ2v) is 3.86. The van der Waals surface area contributed by atoms with Gasteiger partial charge in [-0.3, -0.25) is 4.40 Å². The number of nitrogens with zero attached hydrogens (tertiary/aromatic N) is 5. The number of aryl methyl sites for hydroxylation is 1. The Morgan fingerprint density at radius 1 is 1.31 bits per heavy atom. The van der Waals surface area contributed by atoms with Gasteiger partial charge in [0.05, 0.1) is 13.2 Å². The molecule has 0 atom stereocenters. The highest BCUT2D eigenvalue weighted by Crippen LogP contribution is 2.17. The van der Waals surface area contributed by atoms with Crippen LogP contribution < -0.4 is 4.90 Å². The van der Waals surface area contributed by atoms with Crippen LogP contribution in [0, 0.1) is 6.92 Å². The molecular formula is C10H13N5O. The van der Waals surface area contributed by atoms with Gasteiger partial charge in [0.1, 0.15) is 12.1 Å². The molecule has 0 N–H and O–H groups in total. The lowest BCUT2D eigenvalue weighted by Gasteiger charge is -2.29. The van der Waals surface area contributed by atoms with Gasteiger partial charge in [-0.25, -0.2) is 4.98 Å². The predicted octanol–water partition coefficient (Wildman–Crippen LogP) is 0.269. The summed E-state index contributed by atoms with van der Waals surface area (Å²) < 4.78 is 7.26. The summed E-state index contributed by atoms with van der Waals surface area (Å²) in [5, 5.41) is 7.87. The molecule has 2 aromatic rings. The molecule has 16 heavy (non-hydrogen) atoms. The summed E-state index contributed by atoms with van der Waals surface area (Å²) in [6.45, 7) is 5.31. The molecule has 6 heteroatoms. The second-order valence-electron chi connectivity index (χ2n) is 3.86. The van der Waals surface area contributed by atoms with Gasteiger partial charge in [-0.15, -0.1) is 10.2 Å². The maximum absolute atomic E-state index is 5.35. The normalized spacial score (nSPS) is 16.9. The zero-order valence-corrected chi connectivity index (χ0v) is 9.13. The minimum Gasteiger partial charge on any atom is -0.378 e. The summed E-state index contributed by atoms with van der Waals surface area (Å²) in [6, 6.07) is 2.06. The lowest BCUT2D eigenvalue weighted by Crippen LogP contribution is -2.37. The summed E-state index contributed by atoms with van der Waals surface area (Å²) in [5.74, 6) is 1.75. The van der Waals surface area contributed by atoms with Crippen LogP contribution in [0.1, 0.15) is 5.69 Å². The summed E-state index contributed by atoms with van der Waals surface area (Å²) in [5.41, 5.74) is 0.960. The van der Waals surface area contributed by atoms with Crippen molar-refractivity contribution in [3.8, 4) is 0 Å². The van der Waals surface area contributed by atoms with E-state index in [4.69, 9.17) is 4.74 Å². The number of morpholine rings is 1. The van der Waals surface area contributed by atoms with E-state index in [-0.39, 0.29) is 0 Å². The first-order valence-corrected chi connectivity index (χ1v) is 5.35. The molecule has 0 radical (unpaired) electrons. The molecule has 3 rings (SSSR count). The Balaban J connectivity index is 2.09. The third kappa shape index (κ3) is 1.51. The van der Waals surface area contributed by atoms with Crippen molar-refractivity contribution in [1.29, 1.82) is 0 Å². The van der Waals surface area contributed by atoms with Crippen LogP contribution in [0.4, 0.5) is 5.82 Å². The van der Waals surface area contributed by atoms with Gasteiger partial charge in [0.15, 0.2) is 0 Å². The monoisotopic (exact) mass is 219 g/mol. The Bertz CT molecular complexity index is 503. The van der Waals surface area contributed by atoms with Crippen molar-refractivity contribution >= 4 is 11.6 Å². The van der Waals surface area contributed by atoms with Gasteiger partial charge in [-0.2, -0.15) is 0 Å². The van der Waals surface area contributed by atoms with Gasteiger partial charge in [0, 0.05) is 24.8 Å². The zero-order chi connectivity index (χ0) is 11.0.